The molecule has 0 spiro atoms. The van der Waals surface area contributed by atoms with Gasteiger partial charge in [-0.15, -0.1) is 0 Å². The molecule has 1 unspecified atom stereocenters. The fourth-order valence-electron chi connectivity index (χ4n) is 3.16. The van der Waals surface area contributed by atoms with E-state index in [-0.39, 0.29) is 0 Å². The molecular formula is C17H30N4. The molecule has 0 saturated carbocycles. The summed E-state index contributed by atoms with van der Waals surface area (Å²) in [6, 6.07) is 5.06. The SMILES string of the molecule is CCc1cc(CNC)cc(N2CCCN(C)CC2CC)n1. The molecule has 1 saturated heterocycles. The van der Waals surface area contributed by atoms with Crippen LogP contribution in [0, 0.1) is 0 Å². The lowest BCUT2D eigenvalue weighted by molar-refractivity contribution is 0.327. The number of hydrogen-bond donors (Lipinski definition) is 1. The van der Waals surface area contributed by atoms with Gasteiger partial charge in [0.25, 0.3) is 0 Å². The Hall–Kier alpha value is -1.13. The quantitative estimate of drug-likeness (QED) is 0.901. The largest absolute Gasteiger partial charge is 0.352 e. The minimum atomic E-state index is 0.569. The molecule has 1 atom stereocenters. The highest BCUT2D eigenvalue weighted by atomic mass is 15.3. The fourth-order valence-corrected chi connectivity index (χ4v) is 3.16. The number of aromatic nitrogens is 1. The topological polar surface area (TPSA) is 31.4 Å². The summed E-state index contributed by atoms with van der Waals surface area (Å²) in [5, 5.41) is 3.26. The van der Waals surface area contributed by atoms with Gasteiger partial charge in [0.2, 0.25) is 0 Å². The van der Waals surface area contributed by atoms with E-state index in [1.807, 2.05) is 7.05 Å². The van der Waals surface area contributed by atoms with Crippen LogP contribution in [0.2, 0.25) is 0 Å². The Balaban J connectivity index is 2.30. The van der Waals surface area contributed by atoms with Gasteiger partial charge in [-0.2, -0.15) is 0 Å². The Morgan fingerprint density at radius 2 is 2.10 bits per heavy atom. The van der Waals surface area contributed by atoms with Crippen LogP contribution < -0.4 is 10.2 Å². The number of pyridine rings is 1. The van der Waals surface area contributed by atoms with Crippen molar-refractivity contribution in [3.8, 4) is 0 Å². The molecule has 2 heterocycles. The van der Waals surface area contributed by atoms with Crippen molar-refractivity contribution in [1.29, 1.82) is 0 Å². The van der Waals surface area contributed by atoms with Gasteiger partial charge in [0.15, 0.2) is 0 Å². The van der Waals surface area contributed by atoms with Crippen LogP contribution in [-0.2, 0) is 13.0 Å². The van der Waals surface area contributed by atoms with E-state index < -0.39 is 0 Å². The van der Waals surface area contributed by atoms with Gasteiger partial charge in [-0.25, -0.2) is 4.98 Å². The third-order valence-electron chi connectivity index (χ3n) is 4.34. The third kappa shape index (κ3) is 4.17. The summed E-state index contributed by atoms with van der Waals surface area (Å²) in [6.45, 7) is 8.81. The van der Waals surface area contributed by atoms with Crippen LogP contribution in [0.15, 0.2) is 12.1 Å². The predicted molar refractivity (Wildman–Crippen MR) is 89.9 cm³/mol. The lowest BCUT2D eigenvalue weighted by atomic mass is 10.1. The van der Waals surface area contributed by atoms with Gasteiger partial charge in [-0.05, 0) is 57.6 Å². The Kier molecular flexibility index (Phi) is 6.00. The van der Waals surface area contributed by atoms with Crippen LogP contribution in [0.25, 0.3) is 0 Å². The number of anilines is 1. The Morgan fingerprint density at radius 1 is 1.29 bits per heavy atom. The summed E-state index contributed by atoms with van der Waals surface area (Å²) in [7, 11) is 4.23. The summed E-state index contributed by atoms with van der Waals surface area (Å²) in [5.74, 6) is 1.17. The molecule has 0 bridgehead atoms. The van der Waals surface area contributed by atoms with E-state index in [1.54, 1.807) is 0 Å². The van der Waals surface area contributed by atoms with Gasteiger partial charge in [0, 0.05) is 31.4 Å². The number of nitrogens with zero attached hydrogens (tertiary/aromatic N) is 3. The Labute approximate surface area is 129 Å². The van der Waals surface area contributed by atoms with Gasteiger partial charge in [0.1, 0.15) is 5.82 Å². The molecule has 0 amide bonds. The second-order valence-electron chi connectivity index (χ2n) is 6.08. The van der Waals surface area contributed by atoms with Crippen LogP contribution in [0.4, 0.5) is 5.82 Å². The molecule has 4 heteroatoms. The summed E-state index contributed by atoms with van der Waals surface area (Å²) in [5.41, 5.74) is 2.54. The zero-order chi connectivity index (χ0) is 15.2. The molecule has 0 aliphatic carbocycles. The van der Waals surface area contributed by atoms with Crippen LogP contribution >= 0.6 is 0 Å². The first-order chi connectivity index (χ1) is 10.2. The second-order valence-corrected chi connectivity index (χ2v) is 6.08. The third-order valence-corrected chi connectivity index (χ3v) is 4.34. The molecule has 1 fully saturated rings. The number of aryl methyl sites for hydroxylation is 1. The summed E-state index contributed by atoms with van der Waals surface area (Å²) in [6.07, 6.45) is 3.38. The smallest absolute Gasteiger partial charge is 0.129 e. The van der Waals surface area contributed by atoms with E-state index in [4.69, 9.17) is 4.98 Å². The van der Waals surface area contributed by atoms with E-state index in [2.05, 4.69) is 48.1 Å². The average molecular weight is 290 g/mol. The second kappa shape index (κ2) is 7.76. The van der Waals surface area contributed by atoms with Gasteiger partial charge in [0.05, 0.1) is 0 Å². The molecule has 21 heavy (non-hydrogen) atoms. The number of nitrogens with one attached hydrogen (secondary N) is 1. The molecule has 1 aliphatic rings. The molecular weight excluding hydrogens is 260 g/mol. The lowest BCUT2D eigenvalue weighted by Gasteiger charge is -2.32. The maximum absolute atomic E-state index is 4.90. The van der Waals surface area contributed by atoms with E-state index in [9.17, 15) is 0 Å². The molecule has 0 aromatic carbocycles. The van der Waals surface area contributed by atoms with Crippen molar-refractivity contribution in [2.45, 2.75) is 45.7 Å². The zero-order valence-electron chi connectivity index (χ0n) is 14.0. The summed E-state index contributed by atoms with van der Waals surface area (Å²) in [4.78, 5) is 9.88. The van der Waals surface area contributed by atoms with Crippen molar-refractivity contribution in [1.82, 2.24) is 15.2 Å². The average Bonchev–Trinajstić information content (AvgIpc) is 2.68. The number of hydrogen-bond acceptors (Lipinski definition) is 4. The molecule has 2 rings (SSSR count). The van der Waals surface area contributed by atoms with Crippen molar-refractivity contribution >= 4 is 5.82 Å². The highest BCUT2D eigenvalue weighted by Gasteiger charge is 2.23. The maximum atomic E-state index is 4.90. The van der Waals surface area contributed by atoms with Gasteiger partial charge in [-0.3, -0.25) is 0 Å². The highest BCUT2D eigenvalue weighted by molar-refractivity contribution is 5.44. The first-order valence-electron chi connectivity index (χ1n) is 8.27. The van der Waals surface area contributed by atoms with Gasteiger partial charge in [-0.1, -0.05) is 13.8 Å². The van der Waals surface area contributed by atoms with Crippen LogP contribution in [0.3, 0.4) is 0 Å². The molecule has 118 valence electrons. The Bertz CT molecular complexity index is 446. The summed E-state index contributed by atoms with van der Waals surface area (Å²) < 4.78 is 0. The van der Waals surface area contributed by atoms with E-state index in [0.717, 1.165) is 26.1 Å². The first-order valence-corrected chi connectivity index (χ1v) is 8.27. The number of likely N-dealkylation sites (N-methyl/N-ethyl adjacent to an activating group) is 1. The normalized spacial score (nSPS) is 20.6. The maximum Gasteiger partial charge on any atom is 0.129 e. The van der Waals surface area contributed by atoms with Gasteiger partial charge < -0.3 is 15.1 Å². The Morgan fingerprint density at radius 3 is 2.76 bits per heavy atom. The highest BCUT2D eigenvalue weighted by Crippen LogP contribution is 2.22. The molecule has 0 radical (unpaired) electrons. The van der Waals surface area contributed by atoms with Crippen molar-refractivity contribution < 1.29 is 0 Å². The van der Waals surface area contributed by atoms with E-state index in [0.29, 0.717) is 6.04 Å². The van der Waals surface area contributed by atoms with E-state index in [1.165, 1.54) is 36.5 Å². The summed E-state index contributed by atoms with van der Waals surface area (Å²) >= 11 is 0. The van der Waals surface area contributed by atoms with Crippen LogP contribution in [0.1, 0.15) is 37.9 Å². The fraction of sp³-hybridized carbons (Fsp3) is 0.706. The van der Waals surface area contributed by atoms with Crippen molar-refractivity contribution in [3.63, 3.8) is 0 Å². The molecule has 1 aromatic heterocycles. The zero-order valence-corrected chi connectivity index (χ0v) is 14.0. The minimum Gasteiger partial charge on any atom is -0.352 e. The standard InChI is InChI=1S/C17H30N4/c1-5-15-10-14(12-18-3)11-17(19-15)21-9-7-8-20(4)13-16(21)6-2/h10-11,16,18H,5-9,12-13H2,1-4H3. The molecule has 1 N–H and O–H groups in total. The van der Waals surface area contributed by atoms with Crippen molar-refractivity contribution in [2.24, 2.45) is 0 Å². The van der Waals surface area contributed by atoms with Crippen LogP contribution in [0.5, 0.6) is 0 Å². The van der Waals surface area contributed by atoms with Crippen molar-refractivity contribution in [2.75, 3.05) is 38.6 Å². The van der Waals surface area contributed by atoms with Gasteiger partial charge >= 0.3 is 0 Å². The van der Waals surface area contributed by atoms with Crippen molar-refractivity contribution in [3.05, 3.63) is 23.4 Å². The van der Waals surface area contributed by atoms with E-state index >= 15 is 0 Å². The lowest BCUT2D eigenvalue weighted by Crippen LogP contribution is -2.40. The molecule has 1 aliphatic heterocycles. The number of rotatable bonds is 5. The monoisotopic (exact) mass is 290 g/mol. The first kappa shape index (κ1) is 16.2. The predicted octanol–water partition coefficient (Wildman–Crippen LogP) is 2.28. The molecule has 4 nitrogen and oxygen atoms in total. The van der Waals surface area contributed by atoms with Crippen LogP contribution in [-0.4, -0.2) is 49.7 Å². The minimum absolute atomic E-state index is 0.569. The molecule has 1 aromatic rings.